The molecule has 0 saturated carbocycles. The van der Waals surface area contributed by atoms with Gasteiger partial charge in [0.25, 0.3) is 0 Å². The van der Waals surface area contributed by atoms with E-state index in [9.17, 15) is 0 Å². The van der Waals surface area contributed by atoms with E-state index in [-0.39, 0.29) is 0 Å². The molecule has 154 valence electrons. The average molecular weight is 485 g/mol. The van der Waals surface area contributed by atoms with Gasteiger partial charge in [-0.25, -0.2) is 0 Å². The molecule has 0 heterocycles. The zero-order chi connectivity index (χ0) is 21.2. The lowest BCUT2D eigenvalue weighted by molar-refractivity contribution is -0.499. The molecule has 0 aliphatic heterocycles. The predicted molar refractivity (Wildman–Crippen MR) is 128 cm³/mol. The molecule has 3 aromatic carbocycles. The Hall–Kier alpha value is -2.90. The first-order valence-corrected chi connectivity index (χ1v) is 10.7. The number of hydrogen-bond donors (Lipinski definition) is 3. The van der Waals surface area contributed by atoms with Crippen molar-refractivity contribution in [2.75, 3.05) is 11.9 Å². The molecule has 3 aromatic rings. The fourth-order valence-corrected chi connectivity index (χ4v) is 3.05. The highest BCUT2D eigenvalue weighted by Crippen LogP contribution is 2.28. The van der Waals surface area contributed by atoms with Crippen LogP contribution in [-0.2, 0) is 6.61 Å². The van der Waals surface area contributed by atoms with Crippen molar-refractivity contribution in [2.24, 2.45) is 0 Å². The van der Waals surface area contributed by atoms with Gasteiger partial charge in [-0.15, -0.1) is 10.5 Å². The molecule has 7 heteroatoms. The van der Waals surface area contributed by atoms with Crippen LogP contribution in [0.2, 0.25) is 0 Å². The molecule has 0 atom stereocenters. The summed E-state index contributed by atoms with van der Waals surface area (Å²) in [5.41, 5.74) is 5.86. The summed E-state index contributed by atoms with van der Waals surface area (Å²) in [6.45, 7) is 2.97. The van der Waals surface area contributed by atoms with Gasteiger partial charge in [0.1, 0.15) is 6.61 Å². The number of hydrogen-bond acceptors (Lipinski definition) is 3. The number of rotatable bonds is 8. The molecule has 0 unspecified atom stereocenters. The van der Waals surface area contributed by atoms with E-state index in [0.29, 0.717) is 29.8 Å². The standard InChI is InChI=1S/C23H22BrN3O2S/c1-2-28-22-14-18(15-25-27-23(30)26-20-6-4-3-5-7-20)10-13-21(22)29-16-17-8-11-19(24)12-9-17/h3-15H,2,16H2,1H3,(H2,26,27,30)/p+1. The molecule has 0 aliphatic carbocycles. The maximum atomic E-state index is 5.96. The Kier molecular flexibility index (Phi) is 8.23. The highest BCUT2D eigenvalue weighted by molar-refractivity contribution is 9.10. The van der Waals surface area contributed by atoms with E-state index in [1.54, 1.807) is 6.21 Å². The van der Waals surface area contributed by atoms with Crippen LogP contribution in [0.4, 0.5) is 5.69 Å². The first kappa shape index (κ1) is 21.8. The van der Waals surface area contributed by atoms with E-state index < -0.39 is 0 Å². The number of thiocarbonyl (C=S) groups is 1. The van der Waals surface area contributed by atoms with Crippen molar-refractivity contribution >= 4 is 45.2 Å². The van der Waals surface area contributed by atoms with Gasteiger partial charge < -0.3 is 14.8 Å². The van der Waals surface area contributed by atoms with E-state index >= 15 is 0 Å². The van der Waals surface area contributed by atoms with Crippen LogP contribution in [0.1, 0.15) is 18.1 Å². The second-order valence-electron chi connectivity index (χ2n) is 6.29. The molecule has 3 N–H and O–H groups in total. The number of hydrazine groups is 1. The van der Waals surface area contributed by atoms with Gasteiger partial charge in [-0.3, -0.25) is 0 Å². The minimum Gasteiger partial charge on any atom is -0.490 e. The molecule has 0 amide bonds. The molecule has 0 aliphatic rings. The molecule has 0 radical (unpaired) electrons. The third-order valence-corrected chi connectivity index (χ3v) is 4.76. The zero-order valence-corrected chi connectivity index (χ0v) is 18.9. The van der Waals surface area contributed by atoms with Crippen molar-refractivity contribution in [3.8, 4) is 11.5 Å². The second-order valence-corrected chi connectivity index (χ2v) is 7.61. The molecule has 0 aromatic heterocycles. The first-order valence-electron chi connectivity index (χ1n) is 9.49. The summed E-state index contributed by atoms with van der Waals surface area (Å²) < 4.78 is 12.8. The summed E-state index contributed by atoms with van der Waals surface area (Å²) in [6.07, 6.45) is 1.81. The van der Waals surface area contributed by atoms with Gasteiger partial charge in [0.2, 0.25) is 5.11 Å². The Labute approximate surface area is 190 Å². The summed E-state index contributed by atoms with van der Waals surface area (Å²) in [7, 11) is 0. The number of ether oxygens (including phenoxy) is 2. The number of nitrogens with one attached hydrogen (secondary N) is 3. The van der Waals surface area contributed by atoms with Crippen molar-refractivity contribution < 1.29 is 14.6 Å². The monoisotopic (exact) mass is 484 g/mol. The van der Waals surface area contributed by atoms with Gasteiger partial charge in [0.05, 0.1) is 6.61 Å². The summed E-state index contributed by atoms with van der Waals surface area (Å²) >= 11 is 8.72. The van der Waals surface area contributed by atoms with Crippen LogP contribution in [0.3, 0.4) is 0 Å². The Morgan fingerprint density at radius 3 is 2.50 bits per heavy atom. The van der Waals surface area contributed by atoms with E-state index in [1.807, 2.05) is 79.7 Å². The minimum atomic E-state index is 0.468. The molecule has 0 fully saturated rings. The summed E-state index contributed by atoms with van der Waals surface area (Å²) in [6, 6.07) is 23.5. The second kappa shape index (κ2) is 11.3. The lowest BCUT2D eigenvalue weighted by atomic mass is 10.2. The molecule has 0 bridgehead atoms. The lowest BCUT2D eigenvalue weighted by Gasteiger charge is -2.12. The summed E-state index contributed by atoms with van der Waals surface area (Å²) in [4.78, 5) is 0. The largest absolute Gasteiger partial charge is 0.490 e. The van der Waals surface area contributed by atoms with Gasteiger partial charge in [-0.1, -0.05) is 46.3 Å². The van der Waals surface area contributed by atoms with Crippen LogP contribution in [-0.4, -0.2) is 17.9 Å². The fraction of sp³-hybridized carbons (Fsp3) is 0.130. The molecule has 0 spiro atoms. The third kappa shape index (κ3) is 6.86. The molecule has 3 rings (SSSR count). The smallest absolute Gasteiger partial charge is 0.228 e. The van der Waals surface area contributed by atoms with Crippen LogP contribution in [0.25, 0.3) is 0 Å². The van der Waals surface area contributed by atoms with Crippen LogP contribution < -0.4 is 25.3 Å². The predicted octanol–water partition coefficient (Wildman–Crippen LogP) is 3.83. The number of anilines is 1. The number of hydrazone groups is 1. The topological polar surface area (TPSA) is 56.5 Å². The molecule has 30 heavy (non-hydrogen) atoms. The molecule has 0 saturated heterocycles. The van der Waals surface area contributed by atoms with Gasteiger partial charge in [-0.2, -0.15) is 0 Å². The number of benzene rings is 3. The van der Waals surface area contributed by atoms with Crippen molar-refractivity contribution in [3.05, 3.63) is 88.4 Å². The Balaban J connectivity index is 1.60. The van der Waals surface area contributed by atoms with E-state index in [0.717, 1.165) is 21.3 Å². The fourth-order valence-electron chi connectivity index (χ4n) is 2.61. The SMILES string of the molecule is CCOc1cc(C=[NH+]NC(=S)Nc2ccccc2)ccc1OCc1ccc(Br)cc1. The molecular weight excluding hydrogens is 462 g/mol. The lowest BCUT2D eigenvalue weighted by Crippen LogP contribution is -2.82. The Morgan fingerprint density at radius 2 is 1.77 bits per heavy atom. The third-order valence-electron chi connectivity index (χ3n) is 4.03. The average Bonchev–Trinajstić information content (AvgIpc) is 2.75. The molecular formula is C23H23BrN3O2S+. The minimum absolute atomic E-state index is 0.468. The number of para-hydroxylation sites is 1. The molecule has 5 nitrogen and oxygen atoms in total. The normalized spacial score (nSPS) is 10.6. The van der Waals surface area contributed by atoms with Crippen LogP contribution in [0.5, 0.6) is 11.5 Å². The maximum absolute atomic E-state index is 5.96. The van der Waals surface area contributed by atoms with E-state index in [4.69, 9.17) is 21.7 Å². The van der Waals surface area contributed by atoms with Crippen LogP contribution in [0.15, 0.2) is 77.3 Å². The van der Waals surface area contributed by atoms with Crippen molar-refractivity contribution in [3.63, 3.8) is 0 Å². The van der Waals surface area contributed by atoms with E-state index in [1.165, 1.54) is 0 Å². The van der Waals surface area contributed by atoms with Crippen molar-refractivity contribution in [1.29, 1.82) is 0 Å². The quantitative estimate of drug-likeness (QED) is 0.257. The maximum Gasteiger partial charge on any atom is 0.228 e. The van der Waals surface area contributed by atoms with Crippen LogP contribution in [0, 0.1) is 0 Å². The van der Waals surface area contributed by atoms with E-state index in [2.05, 4.69) is 31.8 Å². The Morgan fingerprint density at radius 1 is 1.00 bits per heavy atom. The van der Waals surface area contributed by atoms with Gasteiger partial charge in [-0.05, 0) is 67.2 Å². The zero-order valence-electron chi connectivity index (χ0n) is 16.5. The first-order chi connectivity index (χ1) is 14.6. The van der Waals surface area contributed by atoms with Crippen molar-refractivity contribution in [2.45, 2.75) is 13.5 Å². The van der Waals surface area contributed by atoms with Crippen molar-refractivity contribution in [1.82, 2.24) is 5.43 Å². The highest BCUT2D eigenvalue weighted by atomic mass is 79.9. The van der Waals surface area contributed by atoms with Gasteiger partial charge in [0.15, 0.2) is 17.7 Å². The number of halogens is 1. The summed E-state index contributed by atoms with van der Waals surface area (Å²) in [5, 5.41) is 6.56. The summed E-state index contributed by atoms with van der Waals surface area (Å²) in [5.74, 6) is 1.39. The van der Waals surface area contributed by atoms with Crippen LogP contribution >= 0.6 is 28.1 Å². The Bertz CT molecular complexity index is 995. The van der Waals surface area contributed by atoms with Gasteiger partial charge in [0, 0.05) is 15.7 Å². The highest BCUT2D eigenvalue weighted by Gasteiger charge is 2.08. The van der Waals surface area contributed by atoms with Gasteiger partial charge >= 0.3 is 0 Å².